The standard InChI is InChI=1S/C27H26F4N4O3/c1-4-32-26(36)20-7-5-17(11-16(20)2)23-14-34-25-22(33-10-9-27(29,30)31)13-19(15-35(23)25)38-18-6-8-24(37-3)21(28)12-18/h5-8,11-15,33H,4,9-10H2,1-3H3,(H,32,36). The maximum atomic E-state index is 14.2. The lowest BCUT2D eigenvalue weighted by Gasteiger charge is -2.14. The number of nitrogens with one attached hydrogen (secondary N) is 2. The number of amides is 1. The van der Waals surface area contributed by atoms with Crippen LogP contribution in [-0.4, -0.2) is 41.7 Å². The van der Waals surface area contributed by atoms with E-state index in [2.05, 4.69) is 15.6 Å². The number of ether oxygens (including phenoxy) is 2. The number of pyridine rings is 1. The minimum atomic E-state index is -4.33. The average Bonchev–Trinajstić information content (AvgIpc) is 3.27. The Labute approximate surface area is 216 Å². The summed E-state index contributed by atoms with van der Waals surface area (Å²) in [6.07, 6.45) is -2.17. The number of fused-ring (bicyclic) bond motifs is 1. The first-order chi connectivity index (χ1) is 18.1. The van der Waals surface area contributed by atoms with Gasteiger partial charge < -0.3 is 20.1 Å². The van der Waals surface area contributed by atoms with Gasteiger partial charge in [-0.05, 0) is 43.7 Å². The van der Waals surface area contributed by atoms with Gasteiger partial charge >= 0.3 is 6.18 Å². The van der Waals surface area contributed by atoms with Crippen LogP contribution in [0.3, 0.4) is 0 Å². The van der Waals surface area contributed by atoms with Crippen molar-refractivity contribution in [3.8, 4) is 28.5 Å². The van der Waals surface area contributed by atoms with Crippen LogP contribution >= 0.6 is 0 Å². The van der Waals surface area contributed by atoms with E-state index >= 15 is 0 Å². The first kappa shape index (κ1) is 26.8. The molecule has 2 aromatic heterocycles. The summed E-state index contributed by atoms with van der Waals surface area (Å²) in [5, 5.41) is 5.55. The Bertz CT molecular complexity index is 1470. The molecule has 0 fully saturated rings. The van der Waals surface area contributed by atoms with Gasteiger partial charge in [0.15, 0.2) is 17.2 Å². The maximum absolute atomic E-state index is 14.2. The number of carbonyl (C=O) groups is 1. The lowest BCUT2D eigenvalue weighted by atomic mass is 10.0. The predicted octanol–water partition coefficient (Wildman–Crippen LogP) is 6.36. The SMILES string of the molecule is CCNC(=O)c1ccc(-c2cnc3c(NCCC(F)(F)F)cc(Oc4ccc(OC)c(F)c4)cn23)cc1C. The highest BCUT2D eigenvalue weighted by Crippen LogP contribution is 2.33. The summed E-state index contributed by atoms with van der Waals surface area (Å²) in [5.74, 6) is -0.348. The molecule has 11 heteroatoms. The molecule has 2 heterocycles. The Morgan fingerprint density at radius 3 is 2.55 bits per heavy atom. The summed E-state index contributed by atoms with van der Waals surface area (Å²) in [4.78, 5) is 16.7. The molecule has 1 amide bonds. The van der Waals surface area contributed by atoms with Crippen molar-refractivity contribution in [1.82, 2.24) is 14.7 Å². The van der Waals surface area contributed by atoms with Gasteiger partial charge in [-0.3, -0.25) is 9.20 Å². The highest BCUT2D eigenvalue weighted by molar-refractivity contribution is 5.96. The summed E-state index contributed by atoms with van der Waals surface area (Å²) in [5.41, 5.74) is 3.31. The molecule has 200 valence electrons. The normalized spacial score (nSPS) is 11.4. The third-order valence-electron chi connectivity index (χ3n) is 5.77. The van der Waals surface area contributed by atoms with Gasteiger partial charge in [-0.25, -0.2) is 9.37 Å². The third-order valence-corrected chi connectivity index (χ3v) is 5.77. The number of nitrogens with zero attached hydrogens (tertiary/aromatic N) is 2. The molecule has 0 aliphatic rings. The fraction of sp³-hybridized carbons (Fsp3) is 0.259. The molecule has 7 nitrogen and oxygen atoms in total. The minimum absolute atomic E-state index is 0.0469. The Morgan fingerprint density at radius 2 is 1.89 bits per heavy atom. The van der Waals surface area contributed by atoms with E-state index in [1.807, 2.05) is 19.9 Å². The van der Waals surface area contributed by atoms with Crippen molar-refractivity contribution in [3.63, 3.8) is 0 Å². The van der Waals surface area contributed by atoms with Gasteiger partial charge in [0.25, 0.3) is 5.91 Å². The Kier molecular flexibility index (Phi) is 7.75. The van der Waals surface area contributed by atoms with Crippen LogP contribution in [0.2, 0.25) is 0 Å². The first-order valence-electron chi connectivity index (χ1n) is 11.8. The van der Waals surface area contributed by atoms with Gasteiger partial charge in [0.2, 0.25) is 0 Å². The number of rotatable bonds is 9. The second-order valence-electron chi connectivity index (χ2n) is 8.51. The molecule has 0 saturated carbocycles. The molecule has 4 rings (SSSR count). The molecule has 0 saturated heterocycles. The molecule has 0 bridgehead atoms. The average molecular weight is 531 g/mol. The van der Waals surface area contributed by atoms with Gasteiger partial charge in [-0.15, -0.1) is 0 Å². The van der Waals surface area contributed by atoms with Gasteiger partial charge in [-0.1, -0.05) is 6.07 Å². The van der Waals surface area contributed by atoms with E-state index in [0.717, 1.165) is 17.2 Å². The van der Waals surface area contributed by atoms with Crippen molar-refractivity contribution in [2.45, 2.75) is 26.4 Å². The van der Waals surface area contributed by atoms with Crippen LogP contribution in [0.1, 0.15) is 29.3 Å². The number of methoxy groups -OCH3 is 1. The van der Waals surface area contributed by atoms with Crippen molar-refractivity contribution in [1.29, 1.82) is 0 Å². The number of aromatic nitrogens is 2. The van der Waals surface area contributed by atoms with Crippen molar-refractivity contribution < 1.29 is 31.8 Å². The molecule has 0 spiro atoms. The second kappa shape index (κ2) is 11.0. The third kappa shape index (κ3) is 5.99. The second-order valence-corrected chi connectivity index (χ2v) is 8.51. The summed E-state index contributed by atoms with van der Waals surface area (Å²) >= 11 is 0. The van der Waals surface area contributed by atoms with E-state index in [1.54, 1.807) is 28.9 Å². The highest BCUT2D eigenvalue weighted by atomic mass is 19.4. The Morgan fingerprint density at radius 1 is 1.11 bits per heavy atom. The summed E-state index contributed by atoms with van der Waals surface area (Å²) in [7, 11) is 1.34. The molecule has 0 atom stereocenters. The van der Waals surface area contributed by atoms with Crippen LogP contribution in [0.5, 0.6) is 17.2 Å². The van der Waals surface area contributed by atoms with E-state index in [1.165, 1.54) is 25.3 Å². The molecule has 0 unspecified atom stereocenters. The molecule has 2 N–H and O–H groups in total. The van der Waals surface area contributed by atoms with E-state index in [4.69, 9.17) is 9.47 Å². The number of alkyl halides is 3. The van der Waals surface area contributed by atoms with Crippen LogP contribution in [0.4, 0.5) is 23.2 Å². The predicted molar refractivity (Wildman–Crippen MR) is 136 cm³/mol. The summed E-state index contributed by atoms with van der Waals surface area (Å²) < 4.78 is 65.0. The molecule has 0 aliphatic heterocycles. The van der Waals surface area contributed by atoms with Crippen molar-refractivity contribution in [3.05, 3.63) is 71.8 Å². The molecule has 38 heavy (non-hydrogen) atoms. The zero-order valence-corrected chi connectivity index (χ0v) is 20.9. The van der Waals surface area contributed by atoms with Crippen LogP contribution in [0.25, 0.3) is 16.9 Å². The number of halogens is 4. The lowest BCUT2D eigenvalue weighted by molar-refractivity contribution is -0.131. The number of aryl methyl sites for hydroxylation is 1. The number of benzene rings is 2. The van der Waals surface area contributed by atoms with Crippen LogP contribution in [-0.2, 0) is 0 Å². The minimum Gasteiger partial charge on any atom is -0.494 e. The van der Waals surface area contributed by atoms with Gasteiger partial charge in [0, 0.05) is 36.3 Å². The van der Waals surface area contributed by atoms with Crippen LogP contribution < -0.4 is 20.1 Å². The molecular formula is C27H26F4N4O3. The number of hydrogen-bond acceptors (Lipinski definition) is 5. The molecule has 0 aliphatic carbocycles. The molecule has 0 radical (unpaired) electrons. The van der Waals surface area contributed by atoms with E-state index in [9.17, 15) is 22.4 Å². The van der Waals surface area contributed by atoms with Crippen molar-refractivity contribution in [2.24, 2.45) is 0 Å². The quantitative estimate of drug-likeness (QED) is 0.246. The van der Waals surface area contributed by atoms with Crippen LogP contribution in [0, 0.1) is 12.7 Å². The fourth-order valence-corrected chi connectivity index (χ4v) is 3.98. The maximum Gasteiger partial charge on any atom is 0.390 e. The lowest BCUT2D eigenvalue weighted by Crippen LogP contribution is -2.23. The first-order valence-corrected chi connectivity index (χ1v) is 11.8. The summed E-state index contributed by atoms with van der Waals surface area (Å²) in [6, 6.07) is 10.9. The largest absolute Gasteiger partial charge is 0.494 e. The molecule has 4 aromatic rings. The van der Waals surface area contributed by atoms with E-state index in [0.29, 0.717) is 29.1 Å². The van der Waals surface area contributed by atoms with Gasteiger partial charge in [0.05, 0.1) is 37.3 Å². The molecular weight excluding hydrogens is 504 g/mol. The Balaban J connectivity index is 1.75. The van der Waals surface area contributed by atoms with Crippen LogP contribution in [0.15, 0.2) is 54.9 Å². The zero-order valence-electron chi connectivity index (χ0n) is 20.9. The Hall–Kier alpha value is -4.28. The monoisotopic (exact) mass is 530 g/mol. The number of carbonyl (C=O) groups excluding carboxylic acids is 1. The number of anilines is 1. The van der Waals surface area contributed by atoms with Crippen molar-refractivity contribution >= 4 is 17.2 Å². The topological polar surface area (TPSA) is 76.9 Å². The van der Waals surface area contributed by atoms with Gasteiger partial charge in [0.1, 0.15) is 11.5 Å². The number of imidazole rings is 1. The fourth-order valence-electron chi connectivity index (χ4n) is 3.98. The van der Waals surface area contributed by atoms with Crippen molar-refractivity contribution in [2.75, 3.05) is 25.5 Å². The summed E-state index contributed by atoms with van der Waals surface area (Å²) in [6.45, 7) is 3.77. The zero-order chi connectivity index (χ0) is 27.4. The molecule has 2 aromatic carbocycles. The van der Waals surface area contributed by atoms with E-state index in [-0.39, 0.29) is 29.7 Å². The van der Waals surface area contributed by atoms with E-state index < -0.39 is 18.4 Å². The van der Waals surface area contributed by atoms with Gasteiger partial charge in [-0.2, -0.15) is 13.2 Å². The smallest absolute Gasteiger partial charge is 0.390 e. The highest BCUT2D eigenvalue weighted by Gasteiger charge is 2.26. The number of hydrogen-bond donors (Lipinski definition) is 2.